The molecule has 0 radical (unpaired) electrons. The molecule has 3 fully saturated rings. The second kappa shape index (κ2) is 14.5. The number of amides is 2. The maximum Gasteiger partial charge on any atom is 0.338 e. The lowest BCUT2D eigenvalue weighted by Crippen LogP contribution is -2.53. The summed E-state index contributed by atoms with van der Waals surface area (Å²) >= 11 is 4.91. The number of carboxylic acids is 1. The molecule has 2 atom stereocenters. The molecule has 2 N–H and O–H groups in total. The third kappa shape index (κ3) is 6.86. The Morgan fingerprint density at radius 2 is 1.84 bits per heavy atom. The number of halogens is 2. The van der Waals surface area contributed by atoms with Crippen LogP contribution in [0.15, 0.2) is 74.8 Å². The second-order valence-electron chi connectivity index (χ2n) is 12.7. The number of thiazole rings is 1. The zero-order valence-electron chi connectivity index (χ0n) is 27.4. The third-order valence-corrected chi connectivity index (χ3v) is 11.2. The number of aliphatic imine (C=N–C) groups is 1. The quantitative estimate of drug-likeness (QED) is 0.293. The summed E-state index contributed by atoms with van der Waals surface area (Å²) in [5.74, 6) is -1.43. The zero-order valence-corrected chi connectivity index (χ0v) is 29.8. The molecule has 12 nitrogen and oxygen atoms in total. The minimum Gasteiger partial charge on any atom is -0.481 e. The predicted octanol–water partition coefficient (Wildman–Crippen LogP) is 4.88. The van der Waals surface area contributed by atoms with Crippen LogP contribution >= 0.6 is 27.3 Å². The van der Waals surface area contributed by atoms with E-state index in [4.69, 9.17) is 9.73 Å². The van der Waals surface area contributed by atoms with Crippen molar-refractivity contribution in [3.05, 3.63) is 86.2 Å². The predicted molar refractivity (Wildman–Crippen MR) is 191 cm³/mol. The molecule has 3 saturated heterocycles. The third-order valence-electron chi connectivity index (χ3n) is 9.70. The van der Waals surface area contributed by atoms with E-state index >= 15 is 0 Å². The number of hydrogen-bond donors (Lipinski definition) is 2. The summed E-state index contributed by atoms with van der Waals surface area (Å²) < 4.78 is 20.2. The van der Waals surface area contributed by atoms with E-state index in [9.17, 15) is 23.9 Å². The summed E-state index contributed by atoms with van der Waals surface area (Å²) in [6.07, 6.45) is 2.93. The first-order valence-electron chi connectivity index (χ1n) is 16.7. The second-order valence-corrected chi connectivity index (χ2v) is 14.5. The number of amidine groups is 1. The molecule has 4 aliphatic heterocycles. The lowest BCUT2D eigenvalue weighted by molar-refractivity contribution is -0.142. The van der Waals surface area contributed by atoms with Gasteiger partial charge in [-0.2, -0.15) is 0 Å². The summed E-state index contributed by atoms with van der Waals surface area (Å²) in [6, 6.07) is 11.4. The van der Waals surface area contributed by atoms with Crippen LogP contribution in [0.25, 0.3) is 0 Å². The van der Waals surface area contributed by atoms with Gasteiger partial charge in [-0.3, -0.25) is 19.6 Å². The Hall–Kier alpha value is -4.34. The first-order valence-corrected chi connectivity index (χ1v) is 18.4. The Morgan fingerprint density at radius 1 is 1.08 bits per heavy atom. The van der Waals surface area contributed by atoms with Crippen molar-refractivity contribution in [2.75, 3.05) is 62.2 Å². The molecule has 7 rings (SSSR count). The standard InChI is InChI=1S/C35H37BrFN7O5S/c1-2-49-34(47)29-28(39-31(32-38-11-16-50-32)40-30(29)26-8-3-22(37)17-27(26)36)20-41-14-15-43-25(18-41)19-44(35(43)48)24-6-4-23(5-7-24)42-12-9-21(10-13-42)33(45)46/h3-8,11,16-17,21,25,30H,2,9-10,12-15,18-20H2,1H3,(H,39,40)(H,45,46)/t25-,30-/m0/s1. The average Bonchev–Trinajstić information content (AvgIpc) is 3.77. The van der Waals surface area contributed by atoms with Crippen LogP contribution in [-0.4, -0.2) is 102 Å². The number of aliphatic carboxylic acids is 1. The number of carbonyl (C=O) groups excluding carboxylic acids is 2. The molecule has 0 aliphatic carbocycles. The van der Waals surface area contributed by atoms with Crippen molar-refractivity contribution in [3.8, 4) is 0 Å². The lowest BCUT2D eigenvalue weighted by atomic mass is 9.95. The summed E-state index contributed by atoms with van der Waals surface area (Å²) in [7, 11) is 0. The van der Waals surface area contributed by atoms with Gasteiger partial charge >= 0.3 is 18.0 Å². The number of carbonyl (C=O) groups is 3. The molecule has 15 heteroatoms. The molecule has 2 amide bonds. The number of carboxylic acid groups (broad SMARTS) is 1. The highest BCUT2D eigenvalue weighted by molar-refractivity contribution is 9.10. The molecular weight excluding hydrogens is 729 g/mol. The van der Waals surface area contributed by atoms with Gasteiger partial charge in [0.05, 0.1) is 24.1 Å². The summed E-state index contributed by atoms with van der Waals surface area (Å²) in [6.45, 7) is 5.91. The highest BCUT2D eigenvalue weighted by atomic mass is 79.9. The molecule has 0 unspecified atom stereocenters. The molecule has 0 bridgehead atoms. The molecule has 3 aromatic rings. The van der Waals surface area contributed by atoms with E-state index in [1.165, 1.54) is 23.5 Å². The Balaban J connectivity index is 1.10. The van der Waals surface area contributed by atoms with E-state index in [0.29, 0.717) is 90.8 Å². The zero-order chi connectivity index (χ0) is 34.9. The van der Waals surface area contributed by atoms with Gasteiger partial charge in [-0.1, -0.05) is 22.0 Å². The van der Waals surface area contributed by atoms with E-state index in [1.807, 2.05) is 39.4 Å². The SMILES string of the molecule is CCOC(=O)C1=C(CN2CCN3C(=O)N(c4ccc(N5CCC(C(=O)O)CC5)cc4)C[C@@H]3C2)NC(c2nccs2)=N[C@H]1c1ccc(F)cc1Br. The largest absolute Gasteiger partial charge is 0.481 e. The summed E-state index contributed by atoms with van der Waals surface area (Å²) in [4.78, 5) is 56.0. The number of rotatable bonds is 9. The van der Waals surface area contributed by atoms with Crippen LogP contribution in [0.3, 0.4) is 0 Å². The van der Waals surface area contributed by atoms with Crippen LogP contribution in [0.4, 0.5) is 20.6 Å². The number of piperidine rings is 1. The normalized spacial score (nSPS) is 21.6. The van der Waals surface area contributed by atoms with Crippen molar-refractivity contribution in [3.63, 3.8) is 0 Å². The number of nitrogens with one attached hydrogen (secondary N) is 1. The maximum atomic E-state index is 14.1. The topological polar surface area (TPSA) is 131 Å². The van der Waals surface area contributed by atoms with E-state index in [0.717, 1.165) is 11.4 Å². The Morgan fingerprint density at radius 3 is 2.52 bits per heavy atom. The van der Waals surface area contributed by atoms with Crippen molar-refractivity contribution >= 4 is 62.4 Å². The van der Waals surface area contributed by atoms with Gasteiger partial charge in [-0.25, -0.2) is 19.0 Å². The number of benzene rings is 2. The van der Waals surface area contributed by atoms with E-state index < -0.39 is 23.8 Å². The van der Waals surface area contributed by atoms with Crippen LogP contribution in [-0.2, 0) is 14.3 Å². The van der Waals surface area contributed by atoms with Gasteiger partial charge in [-0.15, -0.1) is 11.3 Å². The Labute approximate surface area is 301 Å². The number of ether oxygens (including phenoxy) is 1. The van der Waals surface area contributed by atoms with Crippen molar-refractivity contribution in [1.82, 2.24) is 20.1 Å². The minimum atomic E-state index is -0.768. The fraction of sp³-hybridized carbons (Fsp3) is 0.400. The van der Waals surface area contributed by atoms with Crippen LogP contribution < -0.4 is 15.1 Å². The number of hydrogen-bond acceptors (Lipinski definition) is 10. The number of nitrogens with zero attached hydrogens (tertiary/aromatic N) is 6. The highest BCUT2D eigenvalue weighted by Gasteiger charge is 2.42. The first kappa shape index (κ1) is 34.1. The number of piperazine rings is 1. The van der Waals surface area contributed by atoms with E-state index in [-0.39, 0.29) is 24.6 Å². The van der Waals surface area contributed by atoms with Crippen LogP contribution in [0.1, 0.15) is 36.4 Å². The lowest BCUT2D eigenvalue weighted by Gasteiger charge is -2.38. The number of urea groups is 1. The van der Waals surface area contributed by atoms with Crippen molar-refractivity contribution < 1.29 is 28.6 Å². The van der Waals surface area contributed by atoms with Gasteiger partial charge < -0.3 is 25.0 Å². The van der Waals surface area contributed by atoms with Crippen molar-refractivity contribution in [2.24, 2.45) is 10.9 Å². The van der Waals surface area contributed by atoms with Gasteiger partial charge in [-0.05, 0) is 61.7 Å². The number of aromatic nitrogens is 1. The van der Waals surface area contributed by atoms with E-state index in [1.54, 1.807) is 19.2 Å². The first-order chi connectivity index (χ1) is 24.2. The highest BCUT2D eigenvalue weighted by Crippen LogP contribution is 2.38. The van der Waals surface area contributed by atoms with Crippen LogP contribution in [0.2, 0.25) is 0 Å². The monoisotopic (exact) mass is 765 g/mol. The van der Waals surface area contributed by atoms with Crippen molar-refractivity contribution in [1.29, 1.82) is 0 Å². The number of esters is 1. The molecule has 0 saturated carbocycles. The smallest absolute Gasteiger partial charge is 0.338 e. The van der Waals surface area contributed by atoms with Crippen LogP contribution in [0.5, 0.6) is 0 Å². The molecule has 5 heterocycles. The van der Waals surface area contributed by atoms with Gasteiger partial charge in [0.25, 0.3) is 0 Å². The molecular formula is C35H37BrFN7O5S. The van der Waals surface area contributed by atoms with Gasteiger partial charge in [0.2, 0.25) is 0 Å². The van der Waals surface area contributed by atoms with Gasteiger partial charge in [0.15, 0.2) is 10.8 Å². The van der Waals surface area contributed by atoms with E-state index in [2.05, 4.69) is 36.0 Å². The number of anilines is 2. The fourth-order valence-electron chi connectivity index (χ4n) is 7.15. The van der Waals surface area contributed by atoms with Crippen LogP contribution in [0, 0.1) is 11.7 Å². The summed E-state index contributed by atoms with van der Waals surface area (Å²) in [5, 5.41) is 15.2. The summed E-state index contributed by atoms with van der Waals surface area (Å²) in [5.41, 5.74) is 3.43. The number of fused-ring (bicyclic) bond motifs is 1. The average molecular weight is 767 g/mol. The van der Waals surface area contributed by atoms with Gasteiger partial charge in [0.1, 0.15) is 11.9 Å². The molecule has 50 heavy (non-hydrogen) atoms. The van der Waals surface area contributed by atoms with Crippen molar-refractivity contribution in [2.45, 2.75) is 31.8 Å². The fourth-order valence-corrected chi connectivity index (χ4v) is 8.31. The maximum absolute atomic E-state index is 14.1. The Kier molecular flexibility index (Phi) is 9.89. The van der Waals surface area contributed by atoms with Gasteiger partial charge in [0, 0.05) is 78.9 Å². The molecule has 262 valence electrons. The molecule has 0 spiro atoms. The Bertz CT molecular complexity index is 1830. The minimum absolute atomic E-state index is 0.0358. The molecule has 2 aromatic carbocycles. The molecule has 4 aliphatic rings. The molecule has 1 aromatic heterocycles.